The van der Waals surface area contributed by atoms with Gasteiger partial charge in [-0.1, -0.05) is 37.8 Å². The number of ether oxygens (including phenoxy) is 1. The van der Waals surface area contributed by atoms with Crippen molar-refractivity contribution in [3.8, 4) is 11.8 Å². The Labute approximate surface area is 277 Å². The van der Waals surface area contributed by atoms with Gasteiger partial charge in [-0.15, -0.1) is 0 Å². The Morgan fingerprint density at radius 2 is 1.63 bits per heavy atom. The van der Waals surface area contributed by atoms with Gasteiger partial charge in [0.05, 0.1) is 6.42 Å². The van der Waals surface area contributed by atoms with Gasteiger partial charge in [-0.05, 0) is 118 Å². The molecule has 0 radical (unpaired) electrons. The summed E-state index contributed by atoms with van der Waals surface area (Å²) in [7, 11) is 0. The average Bonchev–Trinajstić information content (AvgIpc) is 3.32. The number of fused-ring (bicyclic) bond motifs is 5. The summed E-state index contributed by atoms with van der Waals surface area (Å²) in [4.78, 5) is 47.3. The monoisotopic (exact) mass is 598 g/mol. The van der Waals surface area contributed by atoms with Crippen LogP contribution in [0.25, 0.3) is 0 Å². The van der Waals surface area contributed by atoms with Crippen molar-refractivity contribution in [1.29, 1.82) is 0 Å². The molecule has 4 aliphatic carbocycles. The fourth-order valence-corrected chi connectivity index (χ4v) is 9.39. The standard InChI is InChI=1S/C35H44O7.Na/c1-22(36)24-6-4-23(5-7-24)14-17-35(41)19-18-33(2)25(20-35)8-9-26-27-10-11-29(34(27,3)16-15-28(26)33)30(37)21-42-32(40)13-12-31(38)39;/h4-7,25-29,41H,8-13,15-16,18-21H2,1-3H3,(H,38,39);/q;+1/p-1/t25-,26?,27?,28?,29-,33+,34+,35-;/m1./s1. The summed E-state index contributed by atoms with van der Waals surface area (Å²) in [6.45, 7) is 5.94. The number of ketones is 2. The second-order valence-electron chi connectivity index (χ2n) is 13.9. The second-order valence-corrected chi connectivity index (χ2v) is 13.9. The van der Waals surface area contributed by atoms with E-state index in [-0.39, 0.29) is 70.9 Å². The number of benzene rings is 1. The predicted octanol–water partition coefficient (Wildman–Crippen LogP) is 1.28. The summed E-state index contributed by atoms with van der Waals surface area (Å²) in [5, 5.41) is 22.1. The normalized spacial score (nSPS) is 36.0. The second kappa shape index (κ2) is 13.2. The molecule has 0 aromatic heterocycles. The molecule has 5 rings (SSSR count). The van der Waals surface area contributed by atoms with Crippen molar-refractivity contribution in [2.24, 2.45) is 40.4 Å². The molecule has 1 aromatic carbocycles. The van der Waals surface area contributed by atoms with Gasteiger partial charge in [-0.3, -0.25) is 14.4 Å². The number of hydrogen-bond acceptors (Lipinski definition) is 7. The Kier molecular flexibility index (Phi) is 10.4. The van der Waals surface area contributed by atoms with Crippen molar-refractivity contribution in [1.82, 2.24) is 0 Å². The quantitative estimate of drug-likeness (QED) is 0.217. The number of carbonyl (C=O) groups excluding carboxylic acids is 4. The van der Waals surface area contributed by atoms with E-state index >= 15 is 0 Å². The molecule has 4 saturated carbocycles. The van der Waals surface area contributed by atoms with Crippen LogP contribution in [-0.2, 0) is 19.1 Å². The van der Waals surface area contributed by atoms with E-state index < -0.39 is 24.0 Å². The molecule has 0 saturated heterocycles. The van der Waals surface area contributed by atoms with Crippen molar-refractivity contribution in [3.05, 3.63) is 35.4 Å². The third kappa shape index (κ3) is 6.83. The maximum atomic E-state index is 13.2. The minimum atomic E-state index is -1.31. The van der Waals surface area contributed by atoms with Crippen LogP contribution >= 0.6 is 0 Å². The Bertz CT molecular complexity index is 1310. The summed E-state index contributed by atoms with van der Waals surface area (Å²) < 4.78 is 5.14. The number of esters is 1. The van der Waals surface area contributed by atoms with E-state index in [1.54, 1.807) is 19.1 Å². The zero-order chi connectivity index (χ0) is 30.3. The third-order valence-corrected chi connectivity index (χ3v) is 11.8. The van der Waals surface area contributed by atoms with Crippen LogP contribution in [0.3, 0.4) is 0 Å². The van der Waals surface area contributed by atoms with Crippen LogP contribution < -0.4 is 34.7 Å². The molecule has 0 amide bonds. The van der Waals surface area contributed by atoms with Crippen molar-refractivity contribution < 1.29 is 63.7 Å². The van der Waals surface area contributed by atoms with Gasteiger partial charge in [0.25, 0.3) is 0 Å². The summed E-state index contributed by atoms with van der Waals surface area (Å²) in [6, 6.07) is 7.23. The van der Waals surface area contributed by atoms with E-state index in [0.29, 0.717) is 42.1 Å². The number of aliphatic hydroxyl groups is 1. The van der Waals surface area contributed by atoms with Gasteiger partial charge >= 0.3 is 35.5 Å². The van der Waals surface area contributed by atoms with Crippen LogP contribution in [0.5, 0.6) is 0 Å². The summed E-state index contributed by atoms with van der Waals surface area (Å²) in [6.07, 6.45) is 7.57. The van der Waals surface area contributed by atoms with Crippen LogP contribution in [0.1, 0.15) is 107 Å². The minimum Gasteiger partial charge on any atom is -0.550 e. The Hall–Kier alpha value is -1.98. The molecular formula is C35H43NaO7. The predicted molar refractivity (Wildman–Crippen MR) is 154 cm³/mol. The fraction of sp³-hybridized carbons (Fsp3) is 0.657. The molecule has 1 aromatic rings. The maximum Gasteiger partial charge on any atom is 1.00 e. The van der Waals surface area contributed by atoms with E-state index in [4.69, 9.17) is 4.74 Å². The molecule has 0 bridgehead atoms. The van der Waals surface area contributed by atoms with Gasteiger partial charge in [0.15, 0.2) is 11.6 Å². The molecule has 0 aliphatic heterocycles. The topological polar surface area (TPSA) is 121 Å². The Morgan fingerprint density at radius 1 is 0.930 bits per heavy atom. The zero-order valence-electron chi connectivity index (χ0n) is 26.1. The van der Waals surface area contributed by atoms with Gasteiger partial charge in [0.1, 0.15) is 12.2 Å². The van der Waals surface area contributed by atoms with Gasteiger partial charge in [0.2, 0.25) is 0 Å². The van der Waals surface area contributed by atoms with Gasteiger partial charge in [-0.25, -0.2) is 0 Å². The van der Waals surface area contributed by atoms with Crippen molar-refractivity contribution >= 4 is 23.5 Å². The molecular weight excluding hydrogens is 555 g/mol. The summed E-state index contributed by atoms with van der Waals surface area (Å²) >= 11 is 0. The van der Waals surface area contributed by atoms with Crippen molar-refractivity contribution in [2.75, 3.05) is 6.61 Å². The third-order valence-electron chi connectivity index (χ3n) is 11.8. The average molecular weight is 599 g/mol. The minimum absolute atomic E-state index is 0. The first kappa shape index (κ1) is 33.9. The Morgan fingerprint density at radius 3 is 2.30 bits per heavy atom. The van der Waals surface area contributed by atoms with Gasteiger partial charge in [-0.2, -0.15) is 0 Å². The van der Waals surface area contributed by atoms with Crippen LogP contribution in [0, 0.1) is 52.3 Å². The molecule has 8 atom stereocenters. The van der Waals surface area contributed by atoms with Crippen LogP contribution in [-0.4, -0.2) is 40.8 Å². The number of aliphatic carboxylic acids is 1. The Balaban J connectivity index is 0.00000423. The van der Waals surface area contributed by atoms with E-state index in [1.165, 1.54) is 0 Å². The van der Waals surface area contributed by atoms with E-state index in [2.05, 4.69) is 25.7 Å². The van der Waals surface area contributed by atoms with E-state index in [9.17, 15) is 29.4 Å². The molecule has 4 fully saturated rings. The molecule has 0 heterocycles. The molecule has 1 N–H and O–H groups in total. The summed E-state index contributed by atoms with van der Waals surface area (Å²) in [5.74, 6) is 6.17. The number of carboxylic acid groups (broad SMARTS) is 1. The number of Topliss-reactive ketones (excluding diaryl/α,β-unsaturated/α-hetero) is 2. The number of rotatable bonds is 7. The van der Waals surface area contributed by atoms with Crippen molar-refractivity contribution in [3.63, 3.8) is 0 Å². The molecule has 8 heteroatoms. The van der Waals surface area contributed by atoms with Gasteiger partial charge in [0, 0.05) is 23.0 Å². The number of carboxylic acids is 1. The van der Waals surface area contributed by atoms with Crippen LogP contribution in [0.4, 0.5) is 0 Å². The molecule has 0 spiro atoms. The van der Waals surface area contributed by atoms with E-state index in [0.717, 1.165) is 50.5 Å². The SMILES string of the molecule is CC(=O)c1ccc(C#C[C@@]2(O)CC[C@]3(C)C4CC[C@@]5(C)C(CC[C@@H]5C(=O)COC(=O)CCC(=O)[O-])C4CC[C@@H]3C2)cc1.[Na+]. The van der Waals surface area contributed by atoms with Crippen LogP contribution in [0.15, 0.2) is 24.3 Å². The smallest absolute Gasteiger partial charge is 0.550 e. The summed E-state index contributed by atoms with van der Waals surface area (Å²) in [5.41, 5.74) is 0.466. The molecule has 226 valence electrons. The molecule has 7 nitrogen and oxygen atoms in total. The molecule has 43 heavy (non-hydrogen) atoms. The first-order valence-corrected chi connectivity index (χ1v) is 15.6. The van der Waals surface area contributed by atoms with Gasteiger partial charge < -0.3 is 19.7 Å². The van der Waals surface area contributed by atoms with Crippen LogP contribution in [0.2, 0.25) is 0 Å². The number of carbonyl (C=O) groups is 4. The maximum absolute atomic E-state index is 13.2. The first-order chi connectivity index (χ1) is 19.8. The van der Waals surface area contributed by atoms with E-state index in [1.807, 2.05) is 12.1 Å². The van der Waals surface area contributed by atoms with Crippen molar-refractivity contribution in [2.45, 2.75) is 97.0 Å². The molecule has 4 aliphatic rings. The fourth-order valence-electron chi connectivity index (χ4n) is 9.39. The zero-order valence-corrected chi connectivity index (χ0v) is 28.1. The number of hydrogen-bond donors (Lipinski definition) is 1. The first-order valence-electron chi connectivity index (χ1n) is 15.6. The molecule has 3 unspecified atom stereocenters. The largest absolute Gasteiger partial charge is 1.00 e.